The Hall–Kier alpha value is -2.10. The van der Waals surface area contributed by atoms with E-state index in [0.29, 0.717) is 6.42 Å². The first-order valence-corrected chi connectivity index (χ1v) is 6.47. The first-order valence-electron chi connectivity index (χ1n) is 6.47. The number of likely N-dealkylation sites (N-methyl/N-ethyl adjacent to an activating group) is 1. The lowest BCUT2D eigenvalue weighted by Gasteiger charge is -2.30. The molecule has 1 saturated heterocycles. The molecule has 98 valence electrons. The minimum Gasteiger partial charge on any atom is -0.342 e. The molecule has 0 spiro atoms. The van der Waals surface area contributed by atoms with E-state index in [1.54, 1.807) is 7.05 Å². The molecule has 0 bridgehead atoms. The van der Waals surface area contributed by atoms with E-state index in [-0.39, 0.29) is 18.4 Å². The highest BCUT2D eigenvalue weighted by molar-refractivity contribution is 5.96. The normalized spacial score (nSPS) is 22.1. The second kappa shape index (κ2) is 4.53. The number of nitrogens with zero attached hydrogens (tertiary/aromatic N) is 1. The van der Waals surface area contributed by atoms with Crippen molar-refractivity contribution in [2.75, 3.05) is 13.6 Å². The second-order valence-electron chi connectivity index (χ2n) is 5.11. The fraction of sp³-hybridized carbons (Fsp3) is 0.333. The van der Waals surface area contributed by atoms with Crippen molar-refractivity contribution in [3.05, 3.63) is 41.5 Å². The smallest absolute Gasteiger partial charge is 0.245 e. The molecule has 1 N–H and O–H groups in total. The summed E-state index contributed by atoms with van der Waals surface area (Å²) in [6.07, 6.45) is 3.64. The lowest BCUT2D eigenvalue weighted by atomic mass is 9.98. The maximum atomic E-state index is 12.1. The van der Waals surface area contributed by atoms with Crippen LogP contribution in [0.1, 0.15) is 17.5 Å². The van der Waals surface area contributed by atoms with E-state index in [1.165, 1.54) is 16.0 Å². The van der Waals surface area contributed by atoms with Crippen LogP contribution >= 0.6 is 0 Å². The van der Waals surface area contributed by atoms with Crippen LogP contribution in [0.4, 0.5) is 0 Å². The highest BCUT2D eigenvalue weighted by Crippen LogP contribution is 2.30. The summed E-state index contributed by atoms with van der Waals surface area (Å²) in [5, 5.41) is 2.78. The van der Waals surface area contributed by atoms with E-state index in [9.17, 15) is 9.59 Å². The fourth-order valence-electron chi connectivity index (χ4n) is 2.77. The zero-order valence-electron chi connectivity index (χ0n) is 10.8. The van der Waals surface area contributed by atoms with Crippen molar-refractivity contribution in [3.63, 3.8) is 0 Å². The summed E-state index contributed by atoms with van der Waals surface area (Å²) in [5.74, 6) is -0.0936. The third kappa shape index (κ3) is 2.14. The van der Waals surface area contributed by atoms with Crippen LogP contribution in [0.2, 0.25) is 0 Å². The molecule has 0 unspecified atom stereocenters. The minimum absolute atomic E-state index is 0.00937. The van der Waals surface area contributed by atoms with E-state index in [1.807, 2.05) is 12.1 Å². The Bertz CT molecular complexity index is 577. The van der Waals surface area contributed by atoms with Crippen LogP contribution < -0.4 is 5.32 Å². The van der Waals surface area contributed by atoms with Gasteiger partial charge in [-0.25, -0.2) is 0 Å². The predicted octanol–water partition coefficient (Wildman–Crippen LogP) is 0.973. The number of allylic oxidation sites excluding steroid dienone is 1. The maximum Gasteiger partial charge on any atom is 0.245 e. The van der Waals surface area contributed by atoms with Gasteiger partial charge in [-0.05, 0) is 23.1 Å². The largest absolute Gasteiger partial charge is 0.342 e. The predicted molar refractivity (Wildman–Crippen MR) is 72.3 cm³/mol. The quantitative estimate of drug-likeness (QED) is 0.857. The van der Waals surface area contributed by atoms with Crippen molar-refractivity contribution >= 4 is 17.4 Å². The molecule has 0 radical (unpaired) electrons. The van der Waals surface area contributed by atoms with Gasteiger partial charge in [-0.15, -0.1) is 0 Å². The van der Waals surface area contributed by atoms with Crippen molar-refractivity contribution in [1.82, 2.24) is 10.2 Å². The summed E-state index contributed by atoms with van der Waals surface area (Å²) >= 11 is 0. The van der Waals surface area contributed by atoms with Crippen LogP contribution in [-0.2, 0) is 16.0 Å². The van der Waals surface area contributed by atoms with Gasteiger partial charge in [0.05, 0.1) is 6.54 Å². The lowest BCUT2D eigenvalue weighted by Crippen LogP contribution is -2.56. The SMILES string of the molecule is CN1CC(=O)N[C@@H](CC2=CCc3ccccc32)C1=O. The molecule has 1 aliphatic carbocycles. The number of benzene rings is 1. The van der Waals surface area contributed by atoms with E-state index in [4.69, 9.17) is 0 Å². The molecule has 1 aliphatic heterocycles. The van der Waals surface area contributed by atoms with Gasteiger partial charge in [0.15, 0.2) is 0 Å². The molecule has 4 nitrogen and oxygen atoms in total. The Morgan fingerprint density at radius 1 is 1.32 bits per heavy atom. The highest BCUT2D eigenvalue weighted by atomic mass is 16.2. The van der Waals surface area contributed by atoms with Crippen LogP contribution in [0, 0.1) is 0 Å². The van der Waals surface area contributed by atoms with Crippen LogP contribution in [0.5, 0.6) is 0 Å². The van der Waals surface area contributed by atoms with Gasteiger partial charge in [-0.1, -0.05) is 30.3 Å². The van der Waals surface area contributed by atoms with Crippen molar-refractivity contribution < 1.29 is 9.59 Å². The highest BCUT2D eigenvalue weighted by Gasteiger charge is 2.31. The van der Waals surface area contributed by atoms with E-state index in [0.717, 1.165) is 12.0 Å². The Balaban J connectivity index is 1.79. The molecular formula is C15H16N2O2. The number of carbonyl (C=O) groups is 2. The van der Waals surface area contributed by atoms with Crippen LogP contribution in [0.15, 0.2) is 30.3 Å². The zero-order chi connectivity index (χ0) is 13.4. The van der Waals surface area contributed by atoms with E-state index in [2.05, 4.69) is 23.5 Å². The Morgan fingerprint density at radius 2 is 2.11 bits per heavy atom. The molecule has 1 atom stereocenters. The Labute approximate surface area is 112 Å². The summed E-state index contributed by atoms with van der Waals surface area (Å²) in [6.45, 7) is 0.158. The van der Waals surface area contributed by atoms with Gasteiger partial charge in [-0.3, -0.25) is 9.59 Å². The van der Waals surface area contributed by atoms with Crippen molar-refractivity contribution in [1.29, 1.82) is 0 Å². The first-order chi connectivity index (χ1) is 9.15. The third-order valence-corrected chi connectivity index (χ3v) is 3.75. The van der Waals surface area contributed by atoms with Crippen LogP contribution in [-0.4, -0.2) is 36.3 Å². The Morgan fingerprint density at radius 3 is 2.95 bits per heavy atom. The monoisotopic (exact) mass is 256 g/mol. The molecule has 2 amide bonds. The molecule has 1 heterocycles. The molecular weight excluding hydrogens is 240 g/mol. The Kier molecular flexibility index (Phi) is 2.85. The average Bonchev–Trinajstić information content (AvgIpc) is 2.79. The number of carbonyl (C=O) groups excluding carboxylic acids is 2. The second-order valence-corrected chi connectivity index (χ2v) is 5.11. The summed E-state index contributed by atoms with van der Waals surface area (Å²) in [4.78, 5) is 25.1. The summed E-state index contributed by atoms with van der Waals surface area (Å²) in [6, 6.07) is 7.78. The molecule has 2 aliphatic rings. The van der Waals surface area contributed by atoms with Gasteiger partial charge >= 0.3 is 0 Å². The third-order valence-electron chi connectivity index (χ3n) is 3.75. The van der Waals surface area contributed by atoms with Gasteiger partial charge in [0.2, 0.25) is 11.8 Å². The fourth-order valence-corrected chi connectivity index (χ4v) is 2.77. The number of piperazine rings is 1. The molecule has 1 aromatic carbocycles. The van der Waals surface area contributed by atoms with E-state index < -0.39 is 6.04 Å². The number of rotatable bonds is 2. The van der Waals surface area contributed by atoms with Crippen LogP contribution in [0.3, 0.4) is 0 Å². The van der Waals surface area contributed by atoms with Crippen molar-refractivity contribution in [2.45, 2.75) is 18.9 Å². The van der Waals surface area contributed by atoms with Crippen molar-refractivity contribution in [3.8, 4) is 0 Å². The molecule has 1 aromatic rings. The lowest BCUT2D eigenvalue weighted by molar-refractivity contribution is -0.142. The summed E-state index contributed by atoms with van der Waals surface area (Å²) in [7, 11) is 1.67. The summed E-state index contributed by atoms with van der Waals surface area (Å²) in [5.41, 5.74) is 3.66. The molecule has 1 fully saturated rings. The van der Waals surface area contributed by atoms with Crippen LogP contribution in [0.25, 0.3) is 5.57 Å². The average molecular weight is 256 g/mol. The maximum absolute atomic E-state index is 12.1. The van der Waals surface area contributed by atoms with E-state index >= 15 is 0 Å². The zero-order valence-corrected chi connectivity index (χ0v) is 10.8. The van der Waals surface area contributed by atoms with Gasteiger partial charge in [-0.2, -0.15) is 0 Å². The van der Waals surface area contributed by atoms with Gasteiger partial charge < -0.3 is 10.2 Å². The minimum atomic E-state index is -0.427. The molecule has 0 saturated carbocycles. The van der Waals surface area contributed by atoms with Crippen molar-refractivity contribution in [2.24, 2.45) is 0 Å². The van der Waals surface area contributed by atoms with Gasteiger partial charge in [0.1, 0.15) is 6.04 Å². The molecule has 0 aromatic heterocycles. The molecule has 4 heteroatoms. The number of fused-ring (bicyclic) bond motifs is 1. The number of hydrogen-bond acceptors (Lipinski definition) is 2. The standard InChI is InChI=1S/C15H16N2O2/c1-17-9-14(18)16-13(15(17)19)8-11-7-6-10-4-2-3-5-12(10)11/h2-5,7,13H,6,8-9H2,1H3,(H,16,18)/t13-/m0/s1. The molecule has 3 rings (SSSR count). The number of amides is 2. The summed E-state index contributed by atoms with van der Waals surface area (Å²) < 4.78 is 0. The molecule has 19 heavy (non-hydrogen) atoms. The topological polar surface area (TPSA) is 49.4 Å². The van der Waals surface area contributed by atoms with Gasteiger partial charge in [0, 0.05) is 13.5 Å². The number of nitrogens with one attached hydrogen (secondary N) is 1. The first kappa shape index (κ1) is 12.0. The number of hydrogen-bond donors (Lipinski definition) is 1. The van der Waals surface area contributed by atoms with Gasteiger partial charge in [0.25, 0.3) is 0 Å².